The van der Waals surface area contributed by atoms with Crippen LogP contribution in [0.2, 0.25) is 0 Å². The lowest BCUT2D eigenvalue weighted by Crippen LogP contribution is -2.51. The maximum atomic E-state index is 12.7. The zero-order valence-corrected chi connectivity index (χ0v) is 16.9. The van der Waals surface area contributed by atoms with E-state index in [1.54, 1.807) is 17.2 Å². The molecule has 2 amide bonds. The molecule has 2 aliphatic heterocycles. The normalized spacial score (nSPS) is 18.1. The van der Waals surface area contributed by atoms with E-state index in [2.05, 4.69) is 20.2 Å². The van der Waals surface area contributed by atoms with Crippen LogP contribution in [-0.2, 0) is 10.0 Å². The number of rotatable bonds is 4. The Hall–Kier alpha value is -2.72. The van der Waals surface area contributed by atoms with Crippen LogP contribution in [-0.4, -0.2) is 72.9 Å². The van der Waals surface area contributed by atoms with Crippen LogP contribution in [0.4, 0.5) is 16.3 Å². The van der Waals surface area contributed by atoms with Crippen LogP contribution >= 0.6 is 0 Å². The summed E-state index contributed by atoms with van der Waals surface area (Å²) in [6.45, 7) is 3.18. The first kappa shape index (κ1) is 19.6. The maximum Gasteiger partial charge on any atom is 0.321 e. The van der Waals surface area contributed by atoms with E-state index in [1.807, 2.05) is 12.1 Å². The second-order valence-electron chi connectivity index (χ2n) is 7.11. The minimum Gasteiger partial charge on any atom is -0.357 e. The first-order chi connectivity index (χ1) is 14.0. The van der Waals surface area contributed by atoms with Crippen molar-refractivity contribution in [3.63, 3.8) is 0 Å². The maximum absolute atomic E-state index is 12.7. The minimum absolute atomic E-state index is 0.169. The van der Waals surface area contributed by atoms with E-state index in [0.29, 0.717) is 18.8 Å². The molecule has 4 rings (SSSR count). The Morgan fingerprint density at radius 2 is 1.72 bits per heavy atom. The molecule has 2 fully saturated rings. The fraction of sp³-hybridized carbons (Fsp3) is 0.421. The molecule has 0 saturated carbocycles. The Bertz CT molecular complexity index is 938. The number of sulfonamides is 1. The predicted molar refractivity (Wildman–Crippen MR) is 109 cm³/mol. The molecule has 10 heteroatoms. The van der Waals surface area contributed by atoms with Crippen LogP contribution in [0, 0.1) is 0 Å². The van der Waals surface area contributed by atoms with Gasteiger partial charge in [-0.15, -0.1) is 0 Å². The number of urea groups is 1. The molecule has 0 spiro atoms. The Kier molecular flexibility index (Phi) is 5.63. The van der Waals surface area contributed by atoms with Gasteiger partial charge >= 0.3 is 6.03 Å². The molecule has 29 heavy (non-hydrogen) atoms. The van der Waals surface area contributed by atoms with Gasteiger partial charge in [-0.1, -0.05) is 0 Å². The highest BCUT2D eigenvalue weighted by Crippen LogP contribution is 2.20. The third-order valence-electron chi connectivity index (χ3n) is 5.23. The Morgan fingerprint density at radius 1 is 0.966 bits per heavy atom. The molecule has 0 aromatic carbocycles. The van der Waals surface area contributed by atoms with E-state index in [9.17, 15) is 13.2 Å². The molecule has 9 nitrogen and oxygen atoms in total. The van der Waals surface area contributed by atoms with E-state index in [-0.39, 0.29) is 24.0 Å². The summed E-state index contributed by atoms with van der Waals surface area (Å²) in [5.74, 6) is 0.926. The van der Waals surface area contributed by atoms with E-state index >= 15 is 0 Å². The molecule has 0 radical (unpaired) electrons. The molecule has 4 heterocycles. The van der Waals surface area contributed by atoms with E-state index < -0.39 is 10.0 Å². The van der Waals surface area contributed by atoms with Crippen molar-refractivity contribution in [1.29, 1.82) is 0 Å². The van der Waals surface area contributed by atoms with E-state index in [1.165, 1.54) is 35.6 Å². The van der Waals surface area contributed by atoms with Crippen LogP contribution in [0.25, 0.3) is 0 Å². The molecular formula is C19H24N6O3S. The van der Waals surface area contributed by atoms with Crippen molar-refractivity contribution in [2.24, 2.45) is 0 Å². The average Bonchev–Trinajstić information content (AvgIpc) is 3.30. The van der Waals surface area contributed by atoms with Gasteiger partial charge in [0.1, 0.15) is 10.7 Å². The highest BCUT2D eigenvalue weighted by atomic mass is 32.2. The van der Waals surface area contributed by atoms with Gasteiger partial charge in [-0.25, -0.2) is 18.2 Å². The number of pyridine rings is 2. The molecule has 2 aromatic rings. The number of nitrogens with zero attached hydrogens (tertiary/aromatic N) is 5. The summed E-state index contributed by atoms with van der Waals surface area (Å²) in [6.07, 6.45) is 6.90. The quantitative estimate of drug-likeness (QED) is 0.813. The zero-order valence-electron chi connectivity index (χ0n) is 16.1. The molecular weight excluding hydrogens is 392 g/mol. The fourth-order valence-corrected chi connectivity index (χ4v) is 4.96. The Labute approximate surface area is 170 Å². The summed E-state index contributed by atoms with van der Waals surface area (Å²) in [6, 6.07) is 6.64. The van der Waals surface area contributed by atoms with Gasteiger partial charge in [-0.05, 0) is 37.1 Å². The summed E-state index contributed by atoms with van der Waals surface area (Å²) in [4.78, 5) is 24.9. The van der Waals surface area contributed by atoms with Crippen molar-refractivity contribution >= 4 is 27.6 Å². The molecule has 154 valence electrons. The third-order valence-corrected chi connectivity index (χ3v) is 7.11. The van der Waals surface area contributed by atoms with Gasteiger partial charge in [-0.3, -0.25) is 4.98 Å². The summed E-state index contributed by atoms with van der Waals surface area (Å²) in [5.41, 5.74) is 0.628. The number of anilines is 2. The number of carbonyl (C=O) groups excluding carboxylic acids is 1. The zero-order chi connectivity index (χ0) is 20.3. The van der Waals surface area contributed by atoms with E-state index in [4.69, 9.17) is 0 Å². The molecule has 2 aliphatic rings. The van der Waals surface area contributed by atoms with Crippen molar-refractivity contribution in [1.82, 2.24) is 19.2 Å². The second kappa shape index (κ2) is 8.34. The lowest BCUT2D eigenvalue weighted by Gasteiger charge is -2.33. The molecule has 0 bridgehead atoms. The summed E-state index contributed by atoms with van der Waals surface area (Å²) in [5, 5.41) is 2.84. The largest absolute Gasteiger partial charge is 0.357 e. The highest BCUT2D eigenvalue weighted by molar-refractivity contribution is 7.89. The van der Waals surface area contributed by atoms with Crippen molar-refractivity contribution in [2.75, 3.05) is 49.5 Å². The van der Waals surface area contributed by atoms with Crippen molar-refractivity contribution < 1.29 is 13.2 Å². The molecule has 1 N–H and O–H groups in total. The van der Waals surface area contributed by atoms with Gasteiger partial charge in [-0.2, -0.15) is 4.31 Å². The number of aromatic nitrogens is 2. The molecule has 0 aliphatic carbocycles. The number of amides is 2. The van der Waals surface area contributed by atoms with Crippen molar-refractivity contribution in [2.45, 2.75) is 17.7 Å². The van der Waals surface area contributed by atoms with Gasteiger partial charge in [0.2, 0.25) is 10.0 Å². The van der Waals surface area contributed by atoms with Gasteiger partial charge < -0.3 is 15.1 Å². The van der Waals surface area contributed by atoms with Crippen molar-refractivity contribution in [3.05, 3.63) is 42.9 Å². The van der Waals surface area contributed by atoms with Crippen LogP contribution in [0.1, 0.15) is 12.8 Å². The van der Waals surface area contributed by atoms with Crippen LogP contribution in [0.15, 0.2) is 47.8 Å². The predicted octanol–water partition coefficient (Wildman–Crippen LogP) is 1.62. The fourth-order valence-electron chi connectivity index (χ4n) is 3.58. The SMILES string of the molecule is O=C(Nc1ccc(N2CCCC2)nc1)N1CCN(S(=O)(=O)c2cccnc2)CC1. The first-order valence-electron chi connectivity index (χ1n) is 9.71. The van der Waals surface area contributed by atoms with E-state index in [0.717, 1.165) is 18.9 Å². The monoisotopic (exact) mass is 416 g/mol. The molecule has 2 aromatic heterocycles. The lowest BCUT2D eigenvalue weighted by atomic mass is 10.3. The van der Waals surface area contributed by atoms with Gasteiger partial charge in [0.05, 0.1) is 11.9 Å². The van der Waals surface area contributed by atoms with Crippen LogP contribution in [0.5, 0.6) is 0 Å². The summed E-state index contributed by atoms with van der Waals surface area (Å²) < 4.78 is 26.7. The number of piperazine rings is 1. The topological polar surface area (TPSA) is 98.7 Å². The average molecular weight is 417 g/mol. The Balaban J connectivity index is 1.32. The highest BCUT2D eigenvalue weighted by Gasteiger charge is 2.30. The number of carbonyl (C=O) groups is 1. The first-order valence-corrected chi connectivity index (χ1v) is 11.2. The number of hydrogen-bond donors (Lipinski definition) is 1. The van der Waals surface area contributed by atoms with Gasteiger partial charge in [0.25, 0.3) is 0 Å². The summed E-state index contributed by atoms with van der Waals surface area (Å²) in [7, 11) is -3.59. The molecule has 0 unspecified atom stereocenters. The van der Waals surface area contributed by atoms with Crippen molar-refractivity contribution in [3.8, 4) is 0 Å². The number of hydrogen-bond acceptors (Lipinski definition) is 6. The molecule has 0 atom stereocenters. The minimum atomic E-state index is -3.59. The third kappa shape index (κ3) is 4.33. The smallest absolute Gasteiger partial charge is 0.321 e. The molecule has 2 saturated heterocycles. The van der Waals surface area contributed by atoms with Crippen LogP contribution < -0.4 is 10.2 Å². The second-order valence-corrected chi connectivity index (χ2v) is 9.05. The standard InChI is InChI=1S/C19H24N6O3S/c26-19(22-16-5-6-18(21-14-16)23-8-1-2-9-23)24-10-12-25(13-11-24)29(27,28)17-4-3-7-20-15-17/h3-7,14-15H,1-2,8-13H2,(H,22,26). The Morgan fingerprint density at radius 3 is 2.34 bits per heavy atom. The summed E-state index contributed by atoms with van der Waals surface area (Å²) >= 11 is 0. The van der Waals surface area contributed by atoms with Gasteiger partial charge in [0.15, 0.2) is 0 Å². The van der Waals surface area contributed by atoms with Gasteiger partial charge in [0, 0.05) is 51.7 Å². The number of nitrogens with one attached hydrogen (secondary N) is 1. The lowest BCUT2D eigenvalue weighted by molar-refractivity contribution is 0.184. The van der Waals surface area contributed by atoms with Crippen LogP contribution in [0.3, 0.4) is 0 Å².